The number of carbonyl (C=O) groups excluding carboxylic acids is 1. The van der Waals surface area contributed by atoms with E-state index in [-0.39, 0.29) is 5.78 Å². The highest BCUT2D eigenvalue weighted by molar-refractivity contribution is 6.15. The van der Waals surface area contributed by atoms with Gasteiger partial charge in [-0.15, -0.1) is 5.10 Å². The van der Waals surface area contributed by atoms with Crippen LogP contribution in [-0.4, -0.2) is 20.8 Å². The number of ketones is 1. The van der Waals surface area contributed by atoms with Crippen molar-refractivity contribution in [2.24, 2.45) is 7.05 Å². The molecule has 0 unspecified atom stereocenters. The Kier molecular flexibility index (Phi) is 2.41. The molecule has 0 N–H and O–H groups in total. The summed E-state index contributed by atoms with van der Waals surface area (Å²) in [4.78, 5) is 12.4. The second kappa shape index (κ2) is 4.07. The normalized spacial score (nSPS) is 10.7. The first-order valence-electron chi connectivity index (χ1n) is 5.64. The third-order valence-electron chi connectivity index (χ3n) is 2.98. The lowest BCUT2D eigenvalue weighted by Gasteiger charge is -2.05. The van der Waals surface area contributed by atoms with Crippen LogP contribution in [0.25, 0.3) is 10.8 Å². The predicted molar refractivity (Wildman–Crippen MR) is 68.4 cm³/mol. The second-order valence-corrected chi connectivity index (χ2v) is 4.10. The molecule has 0 aliphatic carbocycles. The molecule has 0 fully saturated rings. The van der Waals surface area contributed by atoms with E-state index in [1.807, 2.05) is 42.5 Å². The van der Waals surface area contributed by atoms with Crippen LogP contribution in [0.3, 0.4) is 0 Å². The molecule has 0 radical (unpaired) electrons. The van der Waals surface area contributed by atoms with Gasteiger partial charge < -0.3 is 0 Å². The molecule has 3 aromatic rings. The Bertz CT molecular complexity index is 725. The summed E-state index contributed by atoms with van der Waals surface area (Å²) in [7, 11) is 1.71. The van der Waals surface area contributed by atoms with E-state index in [0.29, 0.717) is 11.3 Å². The molecule has 0 atom stereocenters. The molecule has 0 aliphatic rings. The summed E-state index contributed by atoms with van der Waals surface area (Å²) in [6, 6.07) is 13.5. The molecular formula is C14H11N3O. The summed E-state index contributed by atoms with van der Waals surface area (Å²) in [6.45, 7) is 0. The molecule has 4 nitrogen and oxygen atoms in total. The number of aryl methyl sites for hydroxylation is 1. The zero-order valence-corrected chi connectivity index (χ0v) is 9.87. The van der Waals surface area contributed by atoms with Crippen LogP contribution < -0.4 is 0 Å². The van der Waals surface area contributed by atoms with Crippen LogP contribution in [-0.2, 0) is 7.05 Å². The molecule has 0 amide bonds. The zero-order valence-electron chi connectivity index (χ0n) is 9.87. The molecule has 1 aromatic heterocycles. The number of benzene rings is 2. The highest BCUT2D eigenvalue weighted by atomic mass is 16.1. The van der Waals surface area contributed by atoms with Crippen LogP contribution in [0, 0.1) is 0 Å². The molecule has 2 aromatic carbocycles. The van der Waals surface area contributed by atoms with Crippen LogP contribution in [0.15, 0.2) is 48.7 Å². The molecule has 0 bridgehead atoms. The summed E-state index contributed by atoms with van der Waals surface area (Å²) < 4.78 is 1.49. The Morgan fingerprint density at radius 1 is 1.11 bits per heavy atom. The van der Waals surface area contributed by atoms with Crippen LogP contribution in [0.1, 0.15) is 16.1 Å². The monoisotopic (exact) mass is 237 g/mol. The fourth-order valence-corrected chi connectivity index (χ4v) is 2.06. The van der Waals surface area contributed by atoms with Gasteiger partial charge in [0.25, 0.3) is 0 Å². The van der Waals surface area contributed by atoms with Crippen molar-refractivity contribution in [1.29, 1.82) is 0 Å². The number of rotatable bonds is 2. The molecular weight excluding hydrogens is 226 g/mol. The van der Waals surface area contributed by atoms with Crippen molar-refractivity contribution in [3.05, 3.63) is 59.9 Å². The van der Waals surface area contributed by atoms with Crippen LogP contribution in [0.2, 0.25) is 0 Å². The van der Waals surface area contributed by atoms with E-state index < -0.39 is 0 Å². The van der Waals surface area contributed by atoms with Crippen molar-refractivity contribution >= 4 is 16.6 Å². The third kappa shape index (κ3) is 1.59. The van der Waals surface area contributed by atoms with Crippen molar-refractivity contribution < 1.29 is 4.79 Å². The SMILES string of the molecule is Cn1nncc1C(=O)c1cccc2ccccc12. The molecule has 0 saturated heterocycles. The Morgan fingerprint density at radius 3 is 2.67 bits per heavy atom. The minimum atomic E-state index is -0.0562. The van der Waals surface area contributed by atoms with Crippen molar-refractivity contribution in [3.63, 3.8) is 0 Å². The molecule has 18 heavy (non-hydrogen) atoms. The van der Waals surface area contributed by atoms with Crippen LogP contribution in [0.5, 0.6) is 0 Å². The molecule has 88 valence electrons. The zero-order chi connectivity index (χ0) is 12.5. The average molecular weight is 237 g/mol. The topological polar surface area (TPSA) is 47.8 Å². The number of nitrogens with zero attached hydrogens (tertiary/aromatic N) is 3. The predicted octanol–water partition coefficient (Wildman–Crippen LogP) is 2.20. The maximum atomic E-state index is 12.4. The first kappa shape index (κ1) is 10.7. The Balaban J connectivity index is 2.21. The smallest absolute Gasteiger partial charge is 0.213 e. The summed E-state index contributed by atoms with van der Waals surface area (Å²) in [6.07, 6.45) is 1.49. The van der Waals surface area contributed by atoms with Crippen molar-refractivity contribution in [2.45, 2.75) is 0 Å². The first-order chi connectivity index (χ1) is 8.77. The minimum absolute atomic E-state index is 0.0562. The van der Waals surface area contributed by atoms with Crippen molar-refractivity contribution in [1.82, 2.24) is 15.0 Å². The fraction of sp³-hybridized carbons (Fsp3) is 0.0714. The number of aromatic nitrogens is 3. The quantitative estimate of drug-likeness (QED) is 0.642. The van der Waals surface area contributed by atoms with Gasteiger partial charge >= 0.3 is 0 Å². The lowest BCUT2D eigenvalue weighted by atomic mass is 10.0. The fourth-order valence-electron chi connectivity index (χ4n) is 2.06. The Morgan fingerprint density at radius 2 is 1.89 bits per heavy atom. The van der Waals surface area contributed by atoms with Crippen molar-refractivity contribution in [2.75, 3.05) is 0 Å². The molecule has 0 aliphatic heterocycles. The Hall–Kier alpha value is -2.49. The number of hydrogen-bond acceptors (Lipinski definition) is 3. The van der Waals surface area contributed by atoms with Gasteiger partial charge in [-0.25, -0.2) is 4.68 Å². The first-order valence-corrected chi connectivity index (χ1v) is 5.64. The van der Waals surface area contributed by atoms with Crippen LogP contribution in [0.4, 0.5) is 0 Å². The van der Waals surface area contributed by atoms with E-state index in [9.17, 15) is 4.79 Å². The number of carbonyl (C=O) groups is 1. The highest BCUT2D eigenvalue weighted by Crippen LogP contribution is 2.20. The molecule has 1 heterocycles. The molecule has 4 heteroatoms. The van der Waals surface area contributed by atoms with E-state index >= 15 is 0 Å². The van der Waals surface area contributed by atoms with E-state index in [2.05, 4.69) is 10.3 Å². The van der Waals surface area contributed by atoms with Gasteiger partial charge in [0, 0.05) is 12.6 Å². The van der Waals surface area contributed by atoms with E-state index in [1.165, 1.54) is 10.9 Å². The maximum absolute atomic E-state index is 12.4. The maximum Gasteiger partial charge on any atom is 0.213 e. The summed E-state index contributed by atoms with van der Waals surface area (Å²) in [5.41, 5.74) is 1.17. The largest absolute Gasteiger partial charge is 0.287 e. The van der Waals surface area contributed by atoms with Gasteiger partial charge in [-0.05, 0) is 10.8 Å². The summed E-state index contributed by atoms with van der Waals surface area (Å²) in [5.74, 6) is -0.0562. The summed E-state index contributed by atoms with van der Waals surface area (Å²) in [5, 5.41) is 9.53. The van der Waals surface area contributed by atoms with Gasteiger partial charge in [-0.2, -0.15) is 0 Å². The van der Waals surface area contributed by atoms with Crippen LogP contribution >= 0.6 is 0 Å². The van der Waals surface area contributed by atoms with Crippen molar-refractivity contribution in [3.8, 4) is 0 Å². The average Bonchev–Trinajstić information content (AvgIpc) is 2.83. The number of fused-ring (bicyclic) bond motifs is 1. The second-order valence-electron chi connectivity index (χ2n) is 4.10. The summed E-state index contributed by atoms with van der Waals surface area (Å²) >= 11 is 0. The standard InChI is InChI=1S/C14H11N3O/c1-17-13(9-15-16-17)14(18)12-8-4-6-10-5-2-3-7-11(10)12/h2-9H,1H3. The van der Waals surface area contributed by atoms with E-state index in [1.54, 1.807) is 7.05 Å². The van der Waals surface area contributed by atoms with E-state index in [4.69, 9.17) is 0 Å². The van der Waals surface area contributed by atoms with E-state index in [0.717, 1.165) is 10.8 Å². The van der Waals surface area contributed by atoms with Gasteiger partial charge in [0.05, 0.1) is 6.20 Å². The highest BCUT2D eigenvalue weighted by Gasteiger charge is 2.15. The lowest BCUT2D eigenvalue weighted by Crippen LogP contribution is -2.08. The Labute approximate surface area is 104 Å². The van der Waals surface area contributed by atoms with Gasteiger partial charge in [0.1, 0.15) is 5.69 Å². The van der Waals surface area contributed by atoms with Gasteiger partial charge in [0.15, 0.2) is 0 Å². The lowest BCUT2D eigenvalue weighted by molar-refractivity contribution is 0.103. The molecule has 0 saturated carbocycles. The minimum Gasteiger partial charge on any atom is -0.287 e. The van der Waals surface area contributed by atoms with Gasteiger partial charge in [0.2, 0.25) is 5.78 Å². The van der Waals surface area contributed by atoms with Gasteiger partial charge in [-0.3, -0.25) is 4.79 Å². The third-order valence-corrected chi connectivity index (χ3v) is 2.98. The molecule has 3 rings (SSSR count). The number of hydrogen-bond donors (Lipinski definition) is 0. The molecule has 0 spiro atoms. The van der Waals surface area contributed by atoms with Gasteiger partial charge in [-0.1, -0.05) is 47.7 Å².